The van der Waals surface area contributed by atoms with Crippen molar-refractivity contribution in [3.05, 3.63) is 54.4 Å². The van der Waals surface area contributed by atoms with Gasteiger partial charge in [-0.2, -0.15) is 0 Å². The number of hydrogen-bond donors (Lipinski definition) is 2. The van der Waals surface area contributed by atoms with E-state index in [1.807, 2.05) is 30.5 Å². The van der Waals surface area contributed by atoms with Gasteiger partial charge in [0.25, 0.3) is 0 Å². The van der Waals surface area contributed by atoms with Gasteiger partial charge >= 0.3 is 0 Å². The quantitative estimate of drug-likeness (QED) is 0.765. The summed E-state index contributed by atoms with van der Waals surface area (Å²) in [5.74, 6) is 0.218. The number of hydrogen-bond acceptors (Lipinski definition) is 4. The van der Waals surface area contributed by atoms with Crippen molar-refractivity contribution in [3.8, 4) is 5.69 Å². The molecule has 1 fully saturated rings. The van der Waals surface area contributed by atoms with E-state index in [1.165, 1.54) is 0 Å². The maximum Gasteiger partial charge on any atom is 0.223 e. The number of carbonyl (C=O) groups excluding carboxylic acids is 1. The second-order valence-corrected chi connectivity index (χ2v) is 6.39. The predicted octanol–water partition coefficient (Wildman–Crippen LogP) is 2.04. The number of nitrogens with one attached hydrogen (secondary N) is 2. The molecule has 0 spiro atoms. The first kappa shape index (κ1) is 15.8. The molecule has 0 atom stereocenters. The molecule has 25 heavy (non-hydrogen) atoms. The zero-order chi connectivity index (χ0) is 17.1. The third-order valence-electron chi connectivity index (χ3n) is 4.71. The van der Waals surface area contributed by atoms with Gasteiger partial charge in [0.05, 0.1) is 18.4 Å². The molecule has 1 aliphatic rings. The van der Waals surface area contributed by atoms with E-state index in [0.29, 0.717) is 6.54 Å². The van der Waals surface area contributed by atoms with Crippen LogP contribution >= 0.6 is 0 Å². The number of fused-ring (bicyclic) bond motifs is 1. The summed E-state index contributed by atoms with van der Waals surface area (Å²) in [6.45, 7) is 2.23. The number of piperidine rings is 1. The highest BCUT2D eigenvalue weighted by Gasteiger charge is 2.20. The second-order valence-electron chi connectivity index (χ2n) is 6.39. The van der Waals surface area contributed by atoms with E-state index in [2.05, 4.69) is 39.1 Å². The molecule has 0 radical (unpaired) electrons. The summed E-state index contributed by atoms with van der Waals surface area (Å²) in [6.07, 6.45) is 3.67. The van der Waals surface area contributed by atoms with Gasteiger partial charge in [-0.25, -0.2) is 4.68 Å². The molecule has 1 amide bonds. The smallest absolute Gasteiger partial charge is 0.223 e. The van der Waals surface area contributed by atoms with Crippen molar-refractivity contribution in [1.29, 1.82) is 0 Å². The Labute approximate surface area is 146 Å². The lowest BCUT2D eigenvalue weighted by Crippen LogP contribution is -2.37. The highest BCUT2D eigenvalue weighted by Crippen LogP contribution is 2.21. The van der Waals surface area contributed by atoms with Crippen molar-refractivity contribution in [3.63, 3.8) is 0 Å². The maximum absolute atomic E-state index is 12.2. The fourth-order valence-electron chi connectivity index (χ4n) is 3.31. The van der Waals surface area contributed by atoms with Crippen LogP contribution < -0.4 is 10.6 Å². The molecule has 2 N–H and O–H groups in total. The highest BCUT2D eigenvalue weighted by atomic mass is 16.1. The normalized spacial score (nSPS) is 15.4. The average molecular weight is 335 g/mol. The maximum atomic E-state index is 12.2. The van der Waals surface area contributed by atoms with E-state index in [1.54, 1.807) is 4.68 Å². The zero-order valence-corrected chi connectivity index (χ0v) is 14.0. The molecule has 128 valence electrons. The fourth-order valence-corrected chi connectivity index (χ4v) is 3.31. The number of nitrogens with zero attached hydrogens (tertiary/aromatic N) is 3. The van der Waals surface area contributed by atoms with Crippen LogP contribution in [0.2, 0.25) is 0 Å². The van der Waals surface area contributed by atoms with Crippen LogP contribution in [0.15, 0.2) is 48.7 Å². The van der Waals surface area contributed by atoms with E-state index in [9.17, 15) is 4.79 Å². The molecule has 1 aromatic heterocycles. The molecule has 0 aliphatic carbocycles. The topological polar surface area (TPSA) is 71.8 Å². The summed E-state index contributed by atoms with van der Waals surface area (Å²) in [7, 11) is 0. The van der Waals surface area contributed by atoms with Crippen LogP contribution in [0.5, 0.6) is 0 Å². The summed E-state index contributed by atoms with van der Waals surface area (Å²) >= 11 is 0. The molecule has 0 saturated carbocycles. The average Bonchev–Trinajstić information content (AvgIpc) is 3.15. The molecule has 2 heterocycles. The van der Waals surface area contributed by atoms with Crippen molar-refractivity contribution in [2.45, 2.75) is 19.4 Å². The van der Waals surface area contributed by atoms with Gasteiger partial charge in [-0.3, -0.25) is 4.79 Å². The molecule has 0 unspecified atom stereocenters. The third-order valence-corrected chi connectivity index (χ3v) is 4.71. The predicted molar refractivity (Wildman–Crippen MR) is 96.3 cm³/mol. The summed E-state index contributed by atoms with van der Waals surface area (Å²) in [6, 6.07) is 14.3. The van der Waals surface area contributed by atoms with Gasteiger partial charge in [0, 0.05) is 11.3 Å². The lowest BCUT2D eigenvalue weighted by Gasteiger charge is -2.21. The van der Waals surface area contributed by atoms with Crippen molar-refractivity contribution in [2.24, 2.45) is 5.92 Å². The van der Waals surface area contributed by atoms with Crippen LogP contribution in [0.3, 0.4) is 0 Å². The summed E-state index contributed by atoms with van der Waals surface area (Å²) < 4.78 is 1.77. The van der Waals surface area contributed by atoms with Gasteiger partial charge < -0.3 is 10.6 Å². The number of carbonyl (C=O) groups is 1. The van der Waals surface area contributed by atoms with E-state index in [4.69, 9.17) is 0 Å². The van der Waals surface area contributed by atoms with Gasteiger partial charge in [-0.1, -0.05) is 41.6 Å². The number of rotatable bonds is 4. The Hall–Kier alpha value is -2.73. The Kier molecular flexibility index (Phi) is 4.43. The molecule has 6 nitrogen and oxygen atoms in total. The van der Waals surface area contributed by atoms with Gasteiger partial charge in [0.1, 0.15) is 5.69 Å². The molecule has 4 rings (SSSR count). The Morgan fingerprint density at radius 2 is 1.96 bits per heavy atom. The van der Waals surface area contributed by atoms with Crippen molar-refractivity contribution >= 4 is 16.7 Å². The van der Waals surface area contributed by atoms with Crippen molar-refractivity contribution < 1.29 is 4.79 Å². The van der Waals surface area contributed by atoms with E-state index >= 15 is 0 Å². The van der Waals surface area contributed by atoms with Crippen LogP contribution in [0.25, 0.3) is 16.5 Å². The van der Waals surface area contributed by atoms with Crippen molar-refractivity contribution in [2.75, 3.05) is 13.1 Å². The van der Waals surface area contributed by atoms with Gasteiger partial charge in [-0.05, 0) is 37.4 Å². The molecule has 6 heteroatoms. The molecule has 1 aliphatic heterocycles. The first-order chi connectivity index (χ1) is 12.3. The summed E-state index contributed by atoms with van der Waals surface area (Å²) in [5, 5.41) is 17.0. The van der Waals surface area contributed by atoms with Crippen LogP contribution in [0.1, 0.15) is 18.5 Å². The lowest BCUT2D eigenvalue weighted by molar-refractivity contribution is -0.125. The van der Waals surface area contributed by atoms with E-state index < -0.39 is 0 Å². The SMILES string of the molecule is O=C(NCc1cn(-c2cccc3ccccc23)nn1)C1CCNCC1. The van der Waals surface area contributed by atoms with Gasteiger partial charge in [0.2, 0.25) is 5.91 Å². The third kappa shape index (κ3) is 3.39. The Morgan fingerprint density at radius 3 is 2.84 bits per heavy atom. The largest absolute Gasteiger partial charge is 0.350 e. The molecule has 1 saturated heterocycles. The first-order valence-corrected chi connectivity index (χ1v) is 8.69. The van der Waals surface area contributed by atoms with Crippen LogP contribution in [0, 0.1) is 5.92 Å². The minimum absolute atomic E-state index is 0.106. The molecule has 3 aromatic rings. The molecule has 2 aromatic carbocycles. The van der Waals surface area contributed by atoms with Crippen LogP contribution in [-0.4, -0.2) is 34.0 Å². The van der Waals surface area contributed by atoms with Crippen LogP contribution in [0.4, 0.5) is 0 Å². The lowest BCUT2D eigenvalue weighted by atomic mass is 9.97. The van der Waals surface area contributed by atoms with Crippen molar-refractivity contribution in [1.82, 2.24) is 25.6 Å². The van der Waals surface area contributed by atoms with Gasteiger partial charge in [-0.15, -0.1) is 5.10 Å². The Balaban J connectivity index is 1.47. The zero-order valence-electron chi connectivity index (χ0n) is 14.0. The summed E-state index contributed by atoms with van der Waals surface area (Å²) in [4.78, 5) is 12.2. The Bertz CT molecular complexity index is 877. The van der Waals surface area contributed by atoms with Crippen LogP contribution in [-0.2, 0) is 11.3 Å². The Morgan fingerprint density at radius 1 is 1.16 bits per heavy atom. The number of amides is 1. The molecular weight excluding hydrogens is 314 g/mol. The van der Waals surface area contributed by atoms with E-state index in [0.717, 1.165) is 48.1 Å². The molecular formula is C19H21N5O. The molecule has 0 bridgehead atoms. The van der Waals surface area contributed by atoms with E-state index in [-0.39, 0.29) is 11.8 Å². The highest BCUT2D eigenvalue weighted by molar-refractivity contribution is 5.89. The standard InChI is InChI=1S/C19H21N5O/c25-19(15-8-10-20-11-9-15)21-12-16-13-24(23-22-16)18-7-3-5-14-4-1-2-6-17(14)18/h1-7,13,15,20H,8-12H2,(H,21,25). The summed E-state index contributed by atoms with van der Waals surface area (Å²) in [5.41, 5.74) is 1.75. The minimum atomic E-state index is 0.106. The van der Waals surface area contributed by atoms with Gasteiger partial charge in [0.15, 0.2) is 0 Å². The first-order valence-electron chi connectivity index (χ1n) is 8.69. The minimum Gasteiger partial charge on any atom is -0.350 e. The second kappa shape index (κ2) is 7.03. The monoisotopic (exact) mass is 335 g/mol. The number of benzene rings is 2. The fraction of sp³-hybridized carbons (Fsp3) is 0.316. The number of aromatic nitrogens is 3.